The van der Waals surface area contributed by atoms with Crippen molar-refractivity contribution in [1.29, 1.82) is 0 Å². The van der Waals surface area contributed by atoms with E-state index in [2.05, 4.69) is 20.9 Å². The smallest absolute Gasteiger partial charge is 0.338 e. The second-order valence-electron chi connectivity index (χ2n) is 2.00. The number of halogens is 2. The van der Waals surface area contributed by atoms with E-state index in [0.717, 1.165) is 0 Å². The van der Waals surface area contributed by atoms with Gasteiger partial charge in [0.15, 0.2) is 0 Å². The summed E-state index contributed by atoms with van der Waals surface area (Å²) >= 11 is 8.49. The van der Waals surface area contributed by atoms with Gasteiger partial charge in [-0.1, -0.05) is 11.6 Å². The summed E-state index contributed by atoms with van der Waals surface area (Å²) in [5, 5.41) is 8.72. The molecule has 0 fully saturated rings. The number of rotatable bonds is 1. The lowest BCUT2D eigenvalue weighted by Gasteiger charge is -2.02. The van der Waals surface area contributed by atoms with Crippen molar-refractivity contribution in [3.8, 4) is 0 Å². The number of carboxylic acid groups (broad SMARTS) is 1. The fourth-order valence-corrected chi connectivity index (χ4v) is 1.37. The van der Waals surface area contributed by atoms with Gasteiger partial charge in [0.1, 0.15) is 9.76 Å². The van der Waals surface area contributed by atoms with Gasteiger partial charge >= 0.3 is 5.97 Å². The molecule has 0 atom stereocenters. The molecule has 0 saturated heterocycles. The Morgan fingerprint density at radius 3 is 2.83 bits per heavy atom. The van der Waals surface area contributed by atoms with Gasteiger partial charge in [-0.2, -0.15) is 0 Å². The van der Waals surface area contributed by atoms with Crippen LogP contribution in [0.5, 0.6) is 0 Å². The van der Waals surface area contributed by atoms with Gasteiger partial charge in [0.05, 0.1) is 11.3 Å². The molecular weight excluding hydrogens is 247 g/mol. The SMILES string of the molecule is Nc1c(C(=O)O)cc(Cl)nc1Br. The molecule has 0 aliphatic rings. The summed E-state index contributed by atoms with van der Waals surface area (Å²) in [6.45, 7) is 0. The summed E-state index contributed by atoms with van der Waals surface area (Å²) in [6, 6.07) is 1.20. The minimum Gasteiger partial charge on any atom is -0.478 e. The van der Waals surface area contributed by atoms with E-state index in [1.54, 1.807) is 0 Å². The van der Waals surface area contributed by atoms with Crippen LogP contribution < -0.4 is 5.73 Å². The van der Waals surface area contributed by atoms with Gasteiger partial charge < -0.3 is 10.8 Å². The lowest BCUT2D eigenvalue weighted by atomic mass is 10.2. The summed E-state index contributed by atoms with van der Waals surface area (Å²) in [5.74, 6) is -1.13. The number of hydrogen-bond donors (Lipinski definition) is 2. The van der Waals surface area contributed by atoms with Gasteiger partial charge in [-0.3, -0.25) is 0 Å². The van der Waals surface area contributed by atoms with Gasteiger partial charge in [-0.15, -0.1) is 0 Å². The summed E-state index contributed by atoms with van der Waals surface area (Å²) in [7, 11) is 0. The van der Waals surface area contributed by atoms with E-state index in [1.165, 1.54) is 6.07 Å². The summed E-state index contributed by atoms with van der Waals surface area (Å²) in [6.07, 6.45) is 0. The quantitative estimate of drug-likeness (QED) is 0.746. The number of aromatic nitrogens is 1. The van der Waals surface area contributed by atoms with E-state index in [1.807, 2.05) is 0 Å². The van der Waals surface area contributed by atoms with Crippen LogP contribution in [0.3, 0.4) is 0 Å². The second kappa shape index (κ2) is 3.28. The lowest BCUT2D eigenvalue weighted by molar-refractivity contribution is 0.0698. The lowest BCUT2D eigenvalue weighted by Crippen LogP contribution is -2.04. The van der Waals surface area contributed by atoms with Crippen LogP contribution in [0.4, 0.5) is 5.69 Å². The van der Waals surface area contributed by atoms with Crippen LogP contribution in [0.2, 0.25) is 5.15 Å². The van der Waals surface area contributed by atoms with Crippen LogP contribution >= 0.6 is 27.5 Å². The first-order valence-electron chi connectivity index (χ1n) is 2.87. The summed E-state index contributed by atoms with van der Waals surface area (Å²) in [5.41, 5.74) is 5.43. The van der Waals surface area contributed by atoms with Gasteiger partial charge in [-0.25, -0.2) is 9.78 Å². The molecule has 12 heavy (non-hydrogen) atoms. The fourth-order valence-electron chi connectivity index (χ4n) is 0.671. The zero-order valence-corrected chi connectivity index (χ0v) is 8.06. The molecule has 1 rings (SSSR count). The first-order valence-corrected chi connectivity index (χ1v) is 4.04. The molecular formula is C6H4BrClN2O2. The maximum Gasteiger partial charge on any atom is 0.338 e. The van der Waals surface area contributed by atoms with Crippen molar-refractivity contribution in [3.05, 3.63) is 21.4 Å². The minimum atomic E-state index is -1.13. The Balaban J connectivity index is 3.37. The molecule has 0 saturated carbocycles. The highest BCUT2D eigenvalue weighted by molar-refractivity contribution is 9.10. The maximum absolute atomic E-state index is 10.5. The van der Waals surface area contributed by atoms with Gasteiger partial charge in [0, 0.05) is 0 Å². The van der Waals surface area contributed by atoms with E-state index in [-0.39, 0.29) is 21.0 Å². The molecule has 1 aromatic rings. The molecule has 0 unspecified atom stereocenters. The van der Waals surface area contributed by atoms with Gasteiger partial charge in [0.2, 0.25) is 0 Å². The second-order valence-corrected chi connectivity index (χ2v) is 3.14. The third-order valence-corrected chi connectivity index (χ3v) is 2.01. The van der Waals surface area contributed by atoms with Crippen LogP contribution in [-0.4, -0.2) is 16.1 Å². The number of nitrogens with two attached hydrogens (primary N) is 1. The third-order valence-electron chi connectivity index (χ3n) is 1.21. The fraction of sp³-hybridized carbons (Fsp3) is 0. The highest BCUT2D eigenvalue weighted by Crippen LogP contribution is 2.24. The number of anilines is 1. The van der Waals surface area contributed by atoms with Crippen LogP contribution in [0, 0.1) is 0 Å². The summed E-state index contributed by atoms with van der Waals surface area (Å²) in [4.78, 5) is 14.2. The highest BCUT2D eigenvalue weighted by Gasteiger charge is 2.12. The van der Waals surface area contributed by atoms with Gasteiger partial charge in [0.25, 0.3) is 0 Å². The van der Waals surface area contributed by atoms with E-state index >= 15 is 0 Å². The van der Waals surface area contributed by atoms with Crippen molar-refractivity contribution in [2.24, 2.45) is 0 Å². The molecule has 0 spiro atoms. The standard InChI is InChI=1S/C6H4BrClN2O2/c7-5-4(9)2(6(11)12)1-3(8)10-5/h1H,9H2,(H,11,12). The van der Waals surface area contributed by atoms with Crippen molar-refractivity contribution in [2.75, 3.05) is 5.73 Å². The third kappa shape index (κ3) is 1.67. The van der Waals surface area contributed by atoms with Crippen molar-refractivity contribution < 1.29 is 9.90 Å². The molecule has 0 amide bonds. The maximum atomic E-state index is 10.5. The van der Waals surface area contributed by atoms with Crippen molar-refractivity contribution >= 4 is 39.2 Å². The molecule has 0 bridgehead atoms. The number of carbonyl (C=O) groups is 1. The van der Waals surface area contributed by atoms with E-state index in [9.17, 15) is 4.79 Å². The first kappa shape index (κ1) is 9.28. The Morgan fingerprint density at radius 1 is 1.75 bits per heavy atom. The van der Waals surface area contributed by atoms with E-state index in [4.69, 9.17) is 22.4 Å². The number of carboxylic acids is 1. The van der Waals surface area contributed by atoms with Crippen LogP contribution in [0.25, 0.3) is 0 Å². The van der Waals surface area contributed by atoms with Crippen LogP contribution in [0.15, 0.2) is 10.7 Å². The number of pyridine rings is 1. The predicted octanol–water partition coefficient (Wildman–Crippen LogP) is 1.78. The number of nitrogen functional groups attached to an aromatic ring is 1. The van der Waals surface area contributed by atoms with Crippen molar-refractivity contribution in [1.82, 2.24) is 4.98 Å². The molecule has 1 aromatic heterocycles. The van der Waals surface area contributed by atoms with Crippen LogP contribution in [0.1, 0.15) is 10.4 Å². The average Bonchev–Trinajstić information content (AvgIpc) is 1.96. The molecule has 1 heterocycles. The minimum absolute atomic E-state index is 0.0538. The predicted molar refractivity (Wildman–Crippen MR) is 48.3 cm³/mol. The number of nitrogens with zero attached hydrogens (tertiary/aromatic N) is 1. The number of aromatic carboxylic acids is 1. The molecule has 4 nitrogen and oxygen atoms in total. The Kier molecular flexibility index (Phi) is 2.54. The van der Waals surface area contributed by atoms with Crippen molar-refractivity contribution in [3.63, 3.8) is 0 Å². The topological polar surface area (TPSA) is 76.2 Å². The molecule has 64 valence electrons. The van der Waals surface area contributed by atoms with E-state index < -0.39 is 5.97 Å². The highest BCUT2D eigenvalue weighted by atomic mass is 79.9. The zero-order chi connectivity index (χ0) is 9.30. The average molecular weight is 251 g/mol. The molecule has 0 aliphatic carbocycles. The Morgan fingerprint density at radius 2 is 2.33 bits per heavy atom. The zero-order valence-electron chi connectivity index (χ0n) is 5.71. The Labute approximate surface area is 81.5 Å². The normalized spacial score (nSPS) is 9.83. The Bertz CT molecular complexity index is 343. The molecule has 0 radical (unpaired) electrons. The summed E-state index contributed by atoms with van der Waals surface area (Å²) < 4.78 is 0.243. The van der Waals surface area contributed by atoms with Crippen molar-refractivity contribution in [2.45, 2.75) is 0 Å². The molecule has 0 aliphatic heterocycles. The molecule has 6 heteroatoms. The van der Waals surface area contributed by atoms with Crippen LogP contribution in [-0.2, 0) is 0 Å². The molecule has 0 aromatic carbocycles. The van der Waals surface area contributed by atoms with Gasteiger partial charge in [-0.05, 0) is 22.0 Å². The molecule has 3 N–H and O–H groups in total. The monoisotopic (exact) mass is 250 g/mol. The number of hydrogen-bond acceptors (Lipinski definition) is 3. The largest absolute Gasteiger partial charge is 0.478 e. The Hall–Kier alpha value is -0.810. The van der Waals surface area contributed by atoms with E-state index in [0.29, 0.717) is 0 Å². The first-order chi connectivity index (χ1) is 5.52.